The molecule has 1 N–H and O–H groups in total. The van der Waals surface area contributed by atoms with Crippen LogP contribution in [0.25, 0.3) is 0 Å². The molecule has 0 saturated heterocycles. The molecule has 0 bridgehead atoms. The number of benzene rings is 3. The largest absolute Gasteiger partial charge is 0.324 e. The first-order valence-corrected chi connectivity index (χ1v) is 9.39. The summed E-state index contributed by atoms with van der Waals surface area (Å²) in [4.78, 5) is 28.0. The number of aryl methyl sites for hydroxylation is 2. The molecule has 1 heterocycles. The van der Waals surface area contributed by atoms with Gasteiger partial charge in [-0.15, -0.1) is 0 Å². The average Bonchev–Trinajstić information content (AvgIpc) is 3.10. The lowest BCUT2D eigenvalue weighted by atomic mass is 10.1. The highest BCUT2D eigenvalue weighted by molar-refractivity contribution is 6.13. The van der Waals surface area contributed by atoms with Crippen molar-refractivity contribution in [3.63, 3.8) is 0 Å². The normalized spacial score (nSPS) is 15.2. The highest BCUT2D eigenvalue weighted by atomic mass is 16.2. The van der Waals surface area contributed by atoms with Crippen LogP contribution in [0.4, 0.5) is 11.4 Å². The van der Waals surface area contributed by atoms with E-state index in [4.69, 9.17) is 0 Å². The monoisotopic (exact) mass is 370 g/mol. The average molecular weight is 370 g/mol. The number of fused-ring (bicyclic) bond motifs is 1. The molecule has 140 valence electrons. The molecule has 0 fully saturated rings. The van der Waals surface area contributed by atoms with Gasteiger partial charge in [0.15, 0.2) is 0 Å². The first-order chi connectivity index (χ1) is 13.5. The summed E-state index contributed by atoms with van der Waals surface area (Å²) in [6, 6.07) is 22.1. The van der Waals surface area contributed by atoms with E-state index in [1.165, 1.54) is 5.56 Å². The Morgan fingerprint density at radius 3 is 2.36 bits per heavy atom. The number of carbonyl (C=O) groups excluding carboxylic acids is 2. The van der Waals surface area contributed by atoms with Crippen molar-refractivity contribution in [3.8, 4) is 0 Å². The fourth-order valence-corrected chi connectivity index (χ4v) is 3.61. The number of rotatable bonds is 3. The summed E-state index contributed by atoms with van der Waals surface area (Å²) in [6.45, 7) is 4.05. The number of hydrogen-bond donors (Lipinski definition) is 1. The second kappa shape index (κ2) is 7.31. The van der Waals surface area contributed by atoms with Gasteiger partial charge in [-0.2, -0.15) is 0 Å². The molecular formula is C24H22N2O2. The van der Waals surface area contributed by atoms with Gasteiger partial charge >= 0.3 is 0 Å². The molecule has 0 aromatic heterocycles. The van der Waals surface area contributed by atoms with Crippen LogP contribution in [0.2, 0.25) is 0 Å². The zero-order chi connectivity index (χ0) is 19.7. The molecule has 1 unspecified atom stereocenters. The fourth-order valence-electron chi connectivity index (χ4n) is 3.61. The SMILES string of the molecule is Cc1ccc(NC(=O)C2Cc3ccccc3N2C(=O)c2ccccc2)cc1C. The Labute approximate surface area is 164 Å². The van der Waals surface area contributed by atoms with E-state index in [2.05, 4.69) is 5.32 Å². The van der Waals surface area contributed by atoms with Crippen molar-refractivity contribution in [2.24, 2.45) is 0 Å². The minimum atomic E-state index is -0.577. The van der Waals surface area contributed by atoms with Crippen molar-refractivity contribution in [2.45, 2.75) is 26.3 Å². The standard InChI is InChI=1S/C24H22N2O2/c1-16-12-13-20(14-17(16)2)25-23(27)22-15-19-10-6-7-11-21(19)26(22)24(28)18-8-4-3-5-9-18/h3-14,22H,15H2,1-2H3,(H,25,27). The van der Waals surface area contributed by atoms with E-state index < -0.39 is 6.04 Å². The zero-order valence-corrected chi connectivity index (χ0v) is 16.0. The van der Waals surface area contributed by atoms with Crippen LogP contribution in [0, 0.1) is 13.8 Å². The molecule has 2 amide bonds. The van der Waals surface area contributed by atoms with E-state index in [0.29, 0.717) is 12.0 Å². The molecule has 0 spiro atoms. The van der Waals surface area contributed by atoms with Gasteiger partial charge in [0.1, 0.15) is 6.04 Å². The van der Waals surface area contributed by atoms with Crippen LogP contribution in [-0.2, 0) is 11.2 Å². The zero-order valence-electron chi connectivity index (χ0n) is 16.0. The summed E-state index contributed by atoms with van der Waals surface area (Å²) in [6.07, 6.45) is 0.505. The topological polar surface area (TPSA) is 49.4 Å². The van der Waals surface area contributed by atoms with Crippen LogP contribution in [0.5, 0.6) is 0 Å². The molecule has 4 rings (SSSR count). The van der Waals surface area contributed by atoms with Gasteiger partial charge in [-0.3, -0.25) is 14.5 Å². The summed E-state index contributed by atoms with van der Waals surface area (Å²) in [5.41, 5.74) is 5.42. The number of para-hydroxylation sites is 1. The van der Waals surface area contributed by atoms with Gasteiger partial charge in [-0.25, -0.2) is 0 Å². The maximum atomic E-state index is 13.2. The Morgan fingerprint density at radius 1 is 0.893 bits per heavy atom. The van der Waals surface area contributed by atoms with Crippen molar-refractivity contribution in [2.75, 3.05) is 10.2 Å². The smallest absolute Gasteiger partial charge is 0.259 e. The van der Waals surface area contributed by atoms with Gasteiger partial charge in [-0.05, 0) is 60.9 Å². The first kappa shape index (κ1) is 18.0. The van der Waals surface area contributed by atoms with Crippen LogP contribution in [0.3, 0.4) is 0 Å². The molecule has 4 nitrogen and oxygen atoms in total. The molecule has 1 atom stereocenters. The Hall–Kier alpha value is -3.40. The van der Waals surface area contributed by atoms with E-state index in [-0.39, 0.29) is 11.8 Å². The number of nitrogens with zero attached hydrogens (tertiary/aromatic N) is 1. The molecule has 1 aliphatic heterocycles. The van der Waals surface area contributed by atoms with E-state index in [1.807, 2.05) is 74.5 Å². The molecule has 0 saturated carbocycles. The van der Waals surface area contributed by atoms with E-state index in [1.54, 1.807) is 17.0 Å². The van der Waals surface area contributed by atoms with Crippen molar-refractivity contribution >= 4 is 23.2 Å². The second-order valence-electron chi connectivity index (χ2n) is 7.18. The van der Waals surface area contributed by atoms with Crippen LogP contribution in [0.15, 0.2) is 72.8 Å². The van der Waals surface area contributed by atoms with Crippen molar-refractivity contribution in [1.82, 2.24) is 0 Å². The van der Waals surface area contributed by atoms with Gasteiger partial charge in [0.2, 0.25) is 5.91 Å². The maximum Gasteiger partial charge on any atom is 0.259 e. The lowest BCUT2D eigenvalue weighted by Gasteiger charge is -2.25. The highest BCUT2D eigenvalue weighted by Gasteiger charge is 2.38. The van der Waals surface area contributed by atoms with Crippen LogP contribution < -0.4 is 10.2 Å². The molecule has 0 aliphatic carbocycles. The van der Waals surface area contributed by atoms with Crippen LogP contribution in [-0.4, -0.2) is 17.9 Å². The lowest BCUT2D eigenvalue weighted by molar-refractivity contribution is -0.117. The second-order valence-corrected chi connectivity index (χ2v) is 7.18. The predicted molar refractivity (Wildman–Crippen MR) is 112 cm³/mol. The number of amides is 2. The molecule has 0 radical (unpaired) electrons. The van der Waals surface area contributed by atoms with Gasteiger partial charge in [0.05, 0.1) is 0 Å². The number of hydrogen-bond acceptors (Lipinski definition) is 2. The molecule has 4 heteroatoms. The summed E-state index contributed by atoms with van der Waals surface area (Å²) in [5, 5.41) is 2.99. The summed E-state index contributed by atoms with van der Waals surface area (Å²) in [7, 11) is 0. The fraction of sp³-hybridized carbons (Fsp3) is 0.167. The van der Waals surface area contributed by atoms with Gasteiger partial charge in [0, 0.05) is 23.4 Å². The van der Waals surface area contributed by atoms with E-state index >= 15 is 0 Å². The third kappa shape index (κ3) is 3.29. The van der Waals surface area contributed by atoms with Gasteiger partial charge < -0.3 is 5.32 Å². The number of carbonyl (C=O) groups is 2. The Bertz CT molecular complexity index is 1040. The molecule has 1 aliphatic rings. The minimum absolute atomic E-state index is 0.161. The van der Waals surface area contributed by atoms with Crippen molar-refractivity contribution in [1.29, 1.82) is 0 Å². The molecule has 3 aromatic rings. The molecular weight excluding hydrogens is 348 g/mol. The quantitative estimate of drug-likeness (QED) is 0.737. The highest BCUT2D eigenvalue weighted by Crippen LogP contribution is 2.34. The molecule has 28 heavy (non-hydrogen) atoms. The third-order valence-electron chi connectivity index (χ3n) is 5.29. The first-order valence-electron chi connectivity index (χ1n) is 9.39. The van der Waals surface area contributed by atoms with Crippen molar-refractivity contribution in [3.05, 3.63) is 95.1 Å². The van der Waals surface area contributed by atoms with Gasteiger partial charge in [-0.1, -0.05) is 42.5 Å². The summed E-state index contributed by atoms with van der Waals surface area (Å²) in [5.74, 6) is -0.338. The number of nitrogens with one attached hydrogen (secondary N) is 1. The van der Waals surface area contributed by atoms with Crippen molar-refractivity contribution < 1.29 is 9.59 Å². The summed E-state index contributed by atoms with van der Waals surface area (Å²) < 4.78 is 0. The summed E-state index contributed by atoms with van der Waals surface area (Å²) >= 11 is 0. The van der Waals surface area contributed by atoms with Crippen LogP contribution >= 0.6 is 0 Å². The Balaban J connectivity index is 1.66. The van der Waals surface area contributed by atoms with Gasteiger partial charge in [0.25, 0.3) is 5.91 Å². The third-order valence-corrected chi connectivity index (χ3v) is 5.29. The predicted octanol–water partition coefficient (Wildman–Crippen LogP) is 4.51. The van der Waals surface area contributed by atoms with E-state index in [0.717, 1.165) is 22.5 Å². The lowest BCUT2D eigenvalue weighted by Crippen LogP contribution is -2.45. The Morgan fingerprint density at radius 2 is 1.61 bits per heavy atom. The minimum Gasteiger partial charge on any atom is -0.324 e. The molecule has 3 aromatic carbocycles. The maximum absolute atomic E-state index is 13.2. The van der Waals surface area contributed by atoms with Crippen LogP contribution in [0.1, 0.15) is 27.0 Å². The van der Waals surface area contributed by atoms with E-state index in [9.17, 15) is 9.59 Å². The number of anilines is 2. The Kier molecular flexibility index (Phi) is 4.70.